The van der Waals surface area contributed by atoms with Crippen LogP contribution in [0.2, 0.25) is 0 Å². The van der Waals surface area contributed by atoms with Crippen LogP contribution >= 0.6 is 0 Å². The highest BCUT2D eigenvalue weighted by Gasteiger charge is 2.39. The summed E-state index contributed by atoms with van der Waals surface area (Å²) in [6, 6.07) is 10.3. The van der Waals surface area contributed by atoms with E-state index in [2.05, 4.69) is 9.88 Å². The molecule has 0 aliphatic carbocycles. The van der Waals surface area contributed by atoms with Gasteiger partial charge in [0.1, 0.15) is 5.82 Å². The summed E-state index contributed by atoms with van der Waals surface area (Å²) in [4.78, 5) is 29.4. The van der Waals surface area contributed by atoms with Gasteiger partial charge in [0.05, 0.1) is 18.8 Å². The molecule has 2 aliphatic heterocycles. The lowest BCUT2D eigenvalue weighted by atomic mass is 9.97. The van der Waals surface area contributed by atoms with Crippen molar-refractivity contribution in [3.63, 3.8) is 0 Å². The maximum Gasteiger partial charge on any atom is 0.290 e. The smallest absolute Gasteiger partial charge is 0.290 e. The van der Waals surface area contributed by atoms with Gasteiger partial charge >= 0.3 is 0 Å². The van der Waals surface area contributed by atoms with Crippen molar-refractivity contribution < 1.29 is 23.8 Å². The molecule has 8 heteroatoms. The van der Waals surface area contributed by atoms with Crippen LogP contribution < -0.4 is 0 Å². The third-order valence-electron chi connectivity index (χ3n) is 5.21. The summed E-state index contributed by atoms with van der Waals surface area (Å²) in [5.74, 6) is -0.169. The van der Waals surface area contributed by atoms with Crippen LogP contribution in [0.25, 0.3) is 0 Å². The predicted molar refractivity (Wildman–Crippen MR) is 104 cm³/mol. The normalized spacial score (nSPS) is 21.5. The van der Waals surface area contributed by atoms with Crippen LogP contribution in [0.4, 0.5) is 4.39 Å². The lowest BCUT2D eigenvalue weighted by Crippen LogP contribution is -2.61. The van der Waals surface area contributed by atoms with E-state index < -0.39 is 0 Å². The molecule has 154 valence electrons. The molecule has 4 rings (SSSR count). The molecule has 7 nitrogen and oxygen atoms in total. The maximum atomic E-state index is 14.0. The molecule has 0 unspecified atom stereocenters. The molecule has 2 atom stereocenters. The van der Waals surface area contributed by atoms with Gasteiger partial charge in [-0.2, -0.15) is 0 Å². The van der Waals surface area contributed by atoms with Gasteiger partial charge in [-0.25, -0.2) is 4.39 Å². The summed E-state index contributed by atoms with van der Waals surface area (Å²) in [5, 5.41) is 6.89. The van der Waals surface area contributed by atoms with E-state index in [0.717, 1.165) is 13.0 Å². The van der Waals surface area contributed by atoms with Gasteiger partial charge in [-0.3, -0.25) is 19.5 Å². The van der Waals surface area contributed by atoms with Crippen LogP contribution in [0.15, 0.2) is 48.8 Å². The van der Waals surface area contributed by atoms with Crippen LogP contribution in [0.5, 0.6) is 0 Å². The van der Waals surface area contributed by atoms with Gasteiger partial charge < -0.3 is 14.7 Å². The van der Waals surface area contributed by atoms with E-state index in [0.29, 0.717) is 37.4 Å². The molecule has 0 saturated carbocycles. The van der Waals surface area contributed by atoms with Gasteiger partial charge in [0.2, 0.25) is 0 Å². The number of hydrogen-bond donors (Lipinski definition) is 1. The van der Waals surface area contributed by atoms with Crippen molar-refractivity contribution in [1.29, 1.82) is 0 Å². The lowest BCUT2D eigenvalue weighted by Gasteiger charge is -2.47. The first-order valence-corrected chi connectivity index (χ1v) is 9.50. The Labute approximate surface area is 168 Å². The summed E-state index contributed by atoms with van der Waals surface area (Å²) in [6.45, 7) is 2.97. The number of pyridine rings is 1. The molecule has 2 saturated heterocycles. The Balaban J connectivity index is 0.000000755. The van der Waals surface area contributed by atoms with Gasteiger partial charge in [0.15, 0.2) is 0 Å². The van der Waals surface area contributed by atoms with Crippen LogP contribution in [0.1, 0.15) is 22.3 Å². The molecule has 0 bridgehead atoms. The van der Waals surface area contributed by atoms with Gasteiger partial charge in [-0.15, -0.1) is 0 Å². The monoisotopic (exact) mass is 401 g/mol. The fraction of sp³-hybridized carbons (Fsp3) is 0.381. The lowest BCUT2D eigenvalue weighted by molar-refractivity contribution is -0.122. The van der Waals surface area contributed by atoms with Crippen LogP contribution in [0.3, 0.4) is 0 Å². The molecule has 2 aliphatic rings. The van der Waals surface area contributed by atoms with Crippen molar-refractivity contribution >= 4 is 12.4 Å². The highest BCUT2D eigenvalue weighted by Crippen LogP contribution is 2.26. The van der Waals surface area contributed by atoms with E-state index in [1.807, 2.05) is 17.0 Å². The molecule has 0 radical (unpaired) electrons. The quantitative estimate of drug-likeness (QED) is 0.793. The van der Waals surface area contributed by atoms with Gasteiger partial charge in [0.25, 0.3) is 12.4 Å². The SMILES string of the molecule is O=C(c1ccncc1)N1CCO[C@H]2CCN(Cc3ccccc3F)C[C@@H]21.O=CO. The number of nitrogens with zero attached hydrogens (tertiary/aromatic N) is 3. The minimum atomic E-state index is -0.250. The minimum absolute atomic E-state index is 0.00932. The first-order valence-electron chi connectivity index (χ1n) is 9.50. The zero-order chi connectivity index (χ0) is 20.6. The number of hydrogen-bond acceptors (Lipinski definition) is 5. The van der Waals surface area contributed by atoms with Crippen LogP contribution in [-0.2, 0) is 16.1 Å². The standard InChI is InChI=1S/C20H22FN3O2.CH2O2/c21-17-4-2-1-3-16(17)13-23-10-7-19-18(14-23)24(11-12-26-19)20(25)15-5-8-22-9-6-15;2-1-3/h1-6,8-9,18-19H,7,10-14H2;1H,(H,2,3)/t18-,19-;/m0./s1. The number of likely N-dealkylation sites (tertiary alicyclic amines) is 1. The van der Waals surface area contributed by atoms with Crippen molar-refractivity contribution in [2.75, 3.05) is 26.2 Å². The fourth-order valence-corrected chi connectivity index (χ4v) is 3.86. The number of halogens is 1. The Hall–Kier alpha value is -2.84. The number of aromatic nitrogens is 1. The highest BCUT2D eigenvalue weighted by molar-refractivity contribution is 5.94. The van der Waals surface area contributed by atoms with Crippen molar-refractivity contribution in [1.82, 2.24) is 14.8 Å². The summed E-state index contributed by atoms with van der Waals surface area (Å²) >= 11 is 0. The van der Waals surface area contributed by atoms with E-state index in [-0.39, 0.29) is 30.3 Å². The summed E-state index contributed by atoms with van der Waals surface area (Å²) in [7, 11) is 0. The van der Waals surface area contributed by atoms with Crippen LogP contribution in [-0.4, -0.2) is 70.7 Å². The molecule has 2 fully saturated rings. The first kappa shape index (κ1) is 20.9. The number of ether oxygens (including phenoxy) is 1. The Bertz CT molecular complexity index is 821. The molecule has 2 aromatic rings. The second kappa shape index (κ2) is 10.1. The molecular weight excluding hydrogens is 377 g/mol. The number of carboxylic acid groups (broad SMARTS) is 1. The first-order chi connectivity index (χ1) is 14.1. The second-order valence-electron chi connectivity index (χ2n) is 6.93. The predicted octanol–water partition coefficient (Wildman–Crippen LogP) is 2.04. The molecule has 3 heterocycles. The number of carbonyl (C=O) groups excluding carboxylic acids is 1. The molecule has 1 aromatic heterocycles. The number of carbonyl (C=O) groups is 2. The molecule has 1 aromatic carbocycles. The van der Waals surface area contributed by atoms with Gasteiger partial charge in [-0.05, 0) is 24.6 Å². The largest absolute Gasteiger partial charge is 0.483 e. The average molecular weight is 401 g/mol. The summed E-state index contributed by atoms with van der Waals surface area (Å²) in [6.07, 6.45) is 4.16. The third kappa shape index (κ3) is 5.16. The number of morpholine rings is 1. The van der Waals surface area contributed by atoms with E-state index >= 15 is 0 Å². The number of rotatable bonds is 3. The number of benzene rings is 1. The highest BCUT2D eigenvalue weighted by atomic mass is 19.1. The third-order valence-corrected chi connectivity index (χ3v) is 5.21. The zero-order valence-electron chi connectivity index (χ0n) is 16.0. The number of fused-ring (bicyclic) bond motifs is 1. The maximum absolute atomic E-state index is 14.0. The fourth-order valence-electron chi connectivity index (χ4n) is 3.86. The minimum Gasteiger partial charge on any atom is -0.483 e. The van der Waals surface area contributed by atoms with E-state index in [9.17, 15) is 9.18 Å². The van der Waals surface area contributed by atoms with Gasteiger partial charge in [0, 0.05) is 49.7 Å². The molecule has 1 N–H and O–H groups in total. The van der Waals surface area contributed by atoms with Crippen molar-refractivity contribution in [2.45, 2.75) is 25.1 Å². The Morgan fingerprint density at radius 2 is 1.97 bits per heavy atom. The number of amides is 1. The van der Waals surface area contributed by atoms with E-state index in [4.69, 9.17) is 14.6 Å². The van der Waals surface area contributed by atoms with E-state index in [1.54, 1.807) is 30.6 Å². The Morgan fingerprint density at radius 3 is 2.69 bits per heavy atom. The topological polar surface area (TPSA) is 83.0 Å². The van der Waals surface area contributed by atoms with E-state index in [1.165, 1.54) is 6.07 Å². The van der Waals surface area contributed by atoms with Crippen molar-refractivity contribution in [3.8, 4) is 0 Å². The van der Waals surface area contributed by atoms with Gasteiger partial charge in [-0.1, -0.05) is 18.2 Å². The molecule has 29 heavy (non-hydrogen) atoms. The number of piperidine rings is 1. The zero-order valence-corrected chi connectivity index (χ0v) is 16.0. The molecule has 0 spiro atoms. The average Bonchev–Trinajstić information content (AvgIpc) is 2.75. The van der Waals surface area contributed by atoms with Crippen LogP contribution in [0, 0.1) is 5.82 Å². The molecule has 1 amide bonds. The summed E-state index contributed by atoms with van der Waals surface area (Å²) in [5.41, 5.74) is 1.33. The Morgan fingerprint density at radius 1 is 1.24 bits per heavy atom. The Kier molecular flexibility index (Phi) is 7.26. The molecular formula is C21H24FN3O4. The summed E-state index contributed by atoms with van der Waals surface area (Å²) < 4.78 is 19.9. The second-order valence-corrected chi connectivity index (χ2v) is 6.93. The van der Waals surface area contributed by atoms with Crippen molar-refractivity contribution in [3.05, 3.63) is 65.7 Å². The van der Waals surface area contributed by atoms with Crippen molar-refractivity contribution in [2.24, 2.45) is 0 Å².